The maximum Gasteiger partial charge on any atom is 0.146 e. The largest absolute Gasteiger partial charge is 0.387 e. The van der Waals surface area contributed by atoms with E-state index in [-0.39, 0.29) is 0 Å². The van der Waals surface area contributed by atoms with E-state index in [2.05, 4.69) is 0 Å². The number of halogens is 2. The second kappa shape index (κ2) is 3.36. The van der Waals surface area contributed by atoms with Gasteiger partial charge in [-0.2, -0.15) is 0 Å². The molecule has 0 saturated carbocycles. The molecule has 1 N–H and O–H groups in total. The fraction of sp³-hybridized carbons (Fsp3) is 1.00. The van der Waals surface area contributed by atoms with Crippen LogP contribution in [-0.4, -0.2) is 41.8 Å². The van der Waals surface area contributed by atoms with Crippen molar-refractivity contribution in [1.82, 2.24) is 0 Å². The van der Waals surface area contributed by atoms with Gasteiger partial charge in [0.1, 0.15) is 20.1 Å². The van der Waals surface area contributed by atoms with Gasteiger partial charge >= 0.3 is 0 Å². The number of aliphatic hydroxyl groups is 1. The highest BCUT2D eigenvalue weighted by atomic mass is 127. The van der Waals surface area contributed by atoms with Crippen molar-refractivity contribution in [2.75, 3.05) is 4.43 Å². The van der Waals surface area contributed by atoms with Gasteiger partial charge < -0.3 is 9.84 Å². The van der Waals surface area contributed by atoms with E-state index < -0.39 is 24.4 Å². The lowest BCUT2D eigenvalue weighted by molar-refractivity contribution is 0.0480. The monoisotopic (exact) mass is 256 g/mol. The van der Waals surface area contributed by atoms with Crippen molar-refractivity contribution in [2.24, 2.45) is 0 Å². The van der Waals surface area contributed by atoms with Crippen molar-refractivity contribution in [1.29, 1.82) is 0 Å². The van der Waals surface area contributed by atoms with Crippen molar-refractivity contribution >= 4 is 30.4 Å². The molecule has 0 aromatic heterocycles. The van der Waals surface area contributed by atoms with Crippen LogP contribution in [0.25, 0.3) is 0 Å². The highest BCUT2D eigenvalue weighted by Crippen LogP contribution is 2.23. The lowest BCUT2D eigenvalue weighted by Gasteiger charge is -2.09. The summed E-state index contributed by atoms with van der Waals surface area (Å²) in [7, 11) is 5.17. The number of alkyl halides is 2. The Bertz CT molecular complexity index is 126. The maximum atomic E-state index is 12.6. The van der Waals surface area contributed by atoms with Crippen LogP contribution in [-0.2, 0) is 4.74 Å². The van der Waals surface area contributed by atoms with E-state index in [4.69, 9.17) is 17.7 Å². The molecule has 0 bridgehead atoms. The second-order valence-corrected chi connectivity index (χ2v) is 3.11. The van der Waals surface area contributed by atoms with Gasteiger partial charge in [0, 0.05) is 4.43 Å². The zero-order valence-corrected chi connectivity index (χ0v) is 7.36. The maximum absolute atomic E-state index is 12.6. The van der Waals surface area contributed by atoms with Gasteiger partial charge in [0.05, 0.1) is 12.1 Å². The minimum atomic E-state index is -1.43. The SMILES string of the molecule is [B][C@@H]1O[C@H](CI)[C@H](O)C1F. The van der Waals surface area contributed by atoms with Gasteiger partial charge in [0.15, 0.2) is 0 Å². The number of hydrogen-bond acceptors (Lipinski definition) is 2. The number of ether oxygens (including phenoxy) is 1. The van der Waals surface area contributed by atoms with Crippen LogP contribution in [0.4, 0.5) is 4.39 Å². The Morgan fingerprint density at radius 1 is 1.70 bits per heavy atom. The quantitative estimate of drug-likeness (QED) is 0.407. The highest BCUT2D eigenvalue weighted by molar-refractivity contribution is 14.1. The molecule has 5 heteroatoms. The van der Waals surface area contributed by atoms with Crippen LogP contribution in [0, 0.1) is 0 Å². The predicted molar refractivity (Wildman–Crippen MR) is 44.2 cm³/mol. The molecule has 1 saturated heterocycles. The van der Waals surface area contributed by atoms with Crippen LogP contribution in [0.5, 0.6) is 0 Å². The minimum Gasteiger partial charge on any atom is -0.387 e. The summed E-state index contributed by atoms with van der Waals surface area (Å²) in [6.45, 7) is 0. The van der Waals surface area contributed by atoms with Crippen LogP contribution in [0.3, 0.4) is 0 Å². The minimum absolute atomic E-state index is 0.439. The van der Waals surface area contributed by atoms with Gasteiger partial charge in [-0.1, -0.05) is 22.6 Å². The Balaban J connectivity index is 2.53. The first-order valence-electron chi connectivity index (χ1n) is 2.96. The van der Waals surface area contributed by atoms with Gasteiger partial charge in [-0.25, -0.2) is 4.39 Å². The normalized spacial score (nSPS) is 47.9. The van der Waals surface area contributed by atoms with Gasteiger partial charge in [-0.3, -0.25) is 0 Å². The fourth-order valence-electron chi connectivity index (χ4n) is 0.884. The molecule has 2 nitrogen and oxygen atoms in total. The number of aliphatic hydroxyl groups excluding tert-OH is 1. The summed E-state index contributed by atoms with van der Waals surface area (Å²) in [6, 6.07) is -0.949. The molecule has 1 heterocycles. The molecular weight excluding hydrogens is 249 g/mol. The Kier molecular flexibility index (Phi) is 2.94. The van der Waals surface area contributed by atoms with E-state index in [1.54, 1.807) is 0 Å². The van der Waals surface area contributed by atoms with Gasteiger partial charge in [0.25, 0.3) is 0 Å². The second-order valence-electron chi connectivity index (χ2n) is 2.23. The Morgan fingerprint density at radius 3 is 2.50 bits per heavy atom. The number of rotatable bonds is 1. The molecule has 1 aliphatic heterocycles. The summed E-state index contributed by atoms with van der Waals surface area (Å²) in [5, 5.41) is 9.04. The van der Waals surface area contributed by atoms with Crippen LogP contribution >= 0.6 is 22.6 Å². The summed E-state index contributed by atoms with van der Waals surface area (Å²) >= 11 is 2.02. The van der Waals surface area contributed by atoms with Crippen molar-refractivity contribution in [3.63, 3.8) is 0 Å². The van der Waals surface area contributed by atoms with E-state index >= 15 is 0 Å². The van der Waals surface area contributed by atoms with Gasteiger partial charge in [-0.15, -0.1) is 0 Å². The van der Waals surface area contributed by atoms with E-state index in [0.717, 1.165) is 0 Å². The molecule has 0 aromatic rings. The Labute approximate surface area is 73.7 Å². The van der Waals surface area contributed by atoms with E-state index in [9.17, 15) is 4.39 Å². The zero-order chi connectivity index (χ0) is 7.72. The topological polar surface area (TPSA) is 29.5 Å². The van der Waals surface area contributed by atoms with Crippen molar-refractivity contribution in [2.45, 2.75) is 24.4 Å². The van der Waals surface area contributed by atoms with Crippen LogP contribution in [0.15, 0.2) is 0 Å². The first kappa shape index (κ1) is 8.74. The molecule has 2 radical (unpaired) electrons. The Morgan fingerprint density at radius 2 is 2.30 bits per heavy atom. The molecular formula is C5H7BFIO2. The summed E-state index contributed by atoms with van der Waals surface area (Å²) in [4.78, 5) is 0. The van der Waals surface area contributed by atoms with Crippen LogP contribution in [0.1, 0.15) is 0 Å². The third-order valence-electron chi connectivity index (χ3n) is 1.51. The molecule has 0 aliphatic carbocycles. The molecule has 56 valence electrons. The summed E-state index contributed by atoms with van der Waals surface area (Å²) < 4.78 is 18.1. The van der Waals surface area contributed by atoms with Gasteiger partial charge in [-0.05, 0) is 0 Å². The van der Waals surface area contributed by atoms with Crippen molar-refractivity contribution in [3.8, 4) is 0 Å². The molecule has 0 amide bonds. The van der Waals surface area contributed by atoms with Gasteiger partial charge in [0.2, 0.25) is 0 Å². The highest BCUT2D eigenvalue weighted by Gasteiger charge is 2.40. The van der Waals surface area contributed by atoms with Crippen LogP contribution < -0.4 is 0 Å². The number of hydrogen-bond donors (Lipinski definition) is 1. The molecule has 0 spiro atoms. The van der Waals surface area contributed by atoms with Crippen LogP contribution in [0.2, 0.25) is 0 Å². The summed E-state index contributed by atoms with van der Waals surface area (Å²) in [5.74, 6) is 0. The molecule has 1 aliphatic rings. The smallest absolute Gasteiger partial charge is 0.146 e. The average molecular weight is 256 g/mol. The first-order chi connectivity index (χ1) is 4.66. The molecule has 10 heavy (non-hydrogen) atoms. The lowest BCUT2D eigenvalue weighted by atomic mass is 9.94. The molecule has 0 aromatic carbocycles. The summed E-state index contributed by atoms with van der Waals surface area (Å²) in [5.41, 5.74) is 0. The van der Waals surface area contributed by atoms with Crippen molar-refractivity contribution < 1.29 is 14.2 Å². The van der Waals surface area contributed by atoms with E-state index in [1.807, 2.05) is 22.6 Å². The molecule has 4 atom stereocenters. The third kappa shape index (κ3) is 1.45. The first-order valence-corrected chi connectivity index (χ1v) is 4.48. The zero-order valence-electron chi connectivity index (χ0n) is 5.21. The molecule has 1 rings (SSSR count). The molecule has 1 unspecified atom stereocenters. The third-order valence-corrected chi connectivity index (χ3v) is 2.37. The predicted octanol–water partition coefficient (Wildman–Crippen LogP) is 0.0138. The fourth-order valence-corrected chi connectivity index (χ4v) is 1.61. The standard InChI is InChI=1S/C5H7BFIO2/c6-5-3(7)4(9)2(1-8)10-5/h2-5,9H,1H2/t2-,3?,4+,5-/m1/s1. The average Bonchev–Trinajstić information content (AvgIpc) is 2.17. The summed E-state index contributed by atoms with van der Waals surface area (Å²) in [6.07, 6.45) is -2.92. The lowest BCUT2D eigenvalue weighted by Crippen LogP contribution is -2.29. The molecule has 1 fully saturated rings. The van der Waals surface area contributed by atoms with Crippen molar-refractivity contribution in [3.05, 3.63) is 0 Å². The Hall–Kier alpha value is 0.645. The van der Waals surface area contributed by atoms with E-state index in [1.165, 1.54) is 0 Å². The van der Waals surface area contributed by atoms with E-state index in [0.29, 0.717) is 4.43 Å².